The monoisotopic (exact) mass is 330 g/mol. The van der Waals surface area contributed by atoms with E-state index in [2.05, 4.69) is 51.8 Å². The number of aromatic nitrogens is 3. The van der Waals surface area contributed by atoms with Gasteiger partial charge < -0.3 is 10.6 Å². The zero-order valence-electron chi connectivity index (χ0n) is 14.1. The molecule has 0 saturated carbocycles. The normalized spacial score (nSPS) is 10.3. The predicted molar refractivity (Wildman–Crippen MR) is 98.1 cm³/mol. The number of benzene rings is 2. The van der Waals surface area contributed by atoms with Gasteiger partial charge >= 0.3 is 0 Å². The standard InChI is InChI=1S/C19H18N6/c1-13(2)16-5-3-4-6-17(16)23-18-12-21-25-19(24-18)22-15-9-7-14(11-20)8-10-15/h3-10,12-13H,1-2H3,(H2,22,23,24,25). The number of para-hydroxylation sites is 1. The molecule has 0 spiro atoms. The largest absolute Gasteiger partial charge is 0.339 e. The molecule has 0 unspecified atom stereocenters. The average molecular weight is 330 g/mol. The lowest BCUT2D eigenvalue weighted by atomic mass is 10.0. The van der Waals surface area contributed by atoms with Crippen molar-refractivity contribution in [3.05, 3.63) is 65.9 Å². The third-order valence-corrected chi connectivity index (χ3v) is 3.67. The highest BCUT2D eigenvalue weighted by molar-refractivity contribution is 5.62. The lowest BCUT2D eigenvalue weighted by molar-refractivity contribution is 0.868. The Morgan fingerprint density at radius 1 is 1.00 bits per heavy atom. The summed E-state index contributed by atoms with van der Waals surface area (Å²) in [4.78, 5) is 4.45. The van der Waals surface area contributed by atoms with Crippen LogP contribution in [0.2, 0.25) is 0 Å². The van der Waals surface area contributed by atoms with Crippen LogP contribution in [-0.2, 0) is 0 Å². The van der Waals surface area contributed by atoms with Gasteiger partial charge in [-0.1, -0.05) is 32.0 Å². The minimum Gasteiger partial charge on any atom is -0.339 e. The smallest absolute Gasteiger partial charge is 0.249 e. The van der Waals surface area contributed by atoms with Crippen LogP contribution >= 0.6 is 0 Å². The van der Waals surface area contributed by atoms with Crippen molar-refractivity contribution in [2.75, 3.05) is 10.6 Å². The second-order valence-corrected chi connectivity index (χ2v) is 5.85. The summed E-state index contributed by atoms with van der Waals surface area (Å²) >= 11 is 0. The zero-order valence-corrected chi connectivity index (χ0v) is 14.1. The number of nitriles is 1. The predicted octanol–water partition coefficient (Wildman–Crippen LogP) is 4.35. The molecule has 0 atom stereocenters. The van der Waals surface area contributed by atoms with Gasteiger partial charge in [0.05, 0.1) is 17.8 Å². The van der Waals surface area contributed by atoms with E-state index in [1.54, 1.807) is 30.5 Å². The van der Waals surface area contributed by atoms with E-state index in [4.69, 9.17) is 5.26 Å². The van der Waals surface area contributed by atoms with Gasteiger partial charge in [0, 0.05) is 11.4 Å². The van der Waals surface area contributed by atoms with Gasteiger partial charge in [-0.25, -0.2) is 0 Å². The molecule has 0 saturated heterocycles. The number of nitrogens with zero attached hydrogens (tertiary/aromatic N) is 4. The molecule has 2 aromatic carbocycles. The Morgan fingerprint density at radius 2 is 1.76 bits per heavy atom. The first-order chi connectivity index (χ1) is 12.2. The molecular weight excluding hydrogens is 312 g/mol. The SMILES string of the molecule is CC(C)c1ccccc1Nc1cnnc(Nc2ccc(C#N)cc2)n1. The van der Waals surface area contributed by atoms with Crippen molar-refractivity contribution >= 4 is 23.1 Å². The maximum absolute atomic E-state index is 8.84. The van der Waals surface area contributed by atoms with Crippen LogP contribution in [0.25, 0.3) is 0 Å². The van der Waals surface area contributed by atoms with Gasteiger partial charge in [-0.15, -0.1) is 5.10 Å². The van der Waals surface area contributed by atoms with Crippen molar-refractivity contribution in [2.24, 2.45) is 0 Å². The van der Waals surface area contributed by atoms with Gasteiger partial charge in [0.25, 0.3) is 0 Å². The molecule has 0 radical (unpaired) electrons. The fourth-order valence-electron chi connectivity index (χ4n) is 2.43. The van der Waals surface area contributed by atoms with E-state index in [0.717, 1.165) is 11.4 Å². The summed E-state index contributed by atoms with van der Waals surface area (Å²) in [6, 6.07) is 17.3. The molecule has 3 rings (SSSR count). The van der Waals surface area contributed by atoms with Crippen LogP contribution in [0.5, 0.6) is 0 Å². The van der Waals surface area contributed by atoms with Crippen molar-refractivity contribution in [3.8, 4) is 6.07 Å². The van der Waals surface area contributed by atoms with Gasteiger partial charge in [-0.3, -0.25) is 0 Å². The molecule has 0 aliphatic carbocycles. The number of hydrogen-bond acceptors (Lipinski definition) is 6. The lowest BCUT2D eigenvalue weighted by Crippen LogP contribution is -2.04. The molecule has 0 aliphatic rings. The summed E-state index contributed by atoms with van der Waals surface area (Å²) in [5.41, 5.74) is 3.61. The number of hydrogen-bond donors (Lipinski definition) is 2. The van der Waals surface area contributed by atoms with E-state index < -0.39 is 0 Å². The third kappa shape index (κ3) is 4.09. The van der Waals surface area contributed by atoms with E-state index >= 15 is 0 Å². The minimum absolute atomic E-state index is 0.386. The Hall–Kier alpha value is -3.46. The Bertz CT molecular complexity index is 896. The quantitative estimate of drug-likeness (QED) is 0.723. The molecule has 1 aromatic heterocycles. The summed E-state index contributed by atoms with van der Waals surface area (Å²) in [6.07, 6.45) is 1.58. The Balaban J connectivity index is 1.79. The number of rotatable bonds is 5. The van der Waals surface area contributed by atoms with Crippen LogP contribution in [0.15, 0.2) is 54.7 Å². The number of nitrogens with one attached hydrogen (secondary N) is 2. The van der Waals surface area contributed by atoms with Crippen LogP contribution in [0, 0.1) is 11.3 Å². The van der Waals surface area contributed by atoms with E-state index in [1.807, 2.05) is 18.2 Å². The fourth-order valence-corrected chi connectivity index (χ4v) is 2.43. The van der Waals surface area contributed by atoms with Crippen molar-refractivity contribution in [3.63, 3.8) is 0 Å². The Morgan fingerprint density at radius 3 is 2.48 bits per heavy atom. The molecule has 0 amide bonds. The second-order valence-electron chi connectivity index (χ2n) is 5.85. The molecule has 0 fully saturated rings. The van der Waals surface area contributed by atoms with E-state index in [0.29, 0.717) is 23.2 Å². The van der Waals surface area contributed by atoms with Crippen molar-refractivity contribution in [1.82, 2.24) is 15.2 Å². The number of anilines is 4. The fraction of sp³-hybridized carbons (Fsp3) is 0.158. The molecule has 6 nitrogen and oxygen atoms in total. The first kappa shape index (κ1) is 16.4. The molecule has 124 valence electrons. The minimum atomic E-state index is 0.386. The van der Waals surface area contributed by atoms with Crippen LogP contribution in [0.3, 0.4) is 0 Å². The second kappa shape index (κ2) is 7.41. The molecule has 0 aliphatic heterocycles. The molecule has 1 heterocycles. The molecular formula is C19H18N6. The van der Waals surface area contributed by atoms with Crippen LogP contribution in [0.4, 0.5) is 23.1 Å². The van der Waals surface area contributed by atoms with Crippen molar-refractivity contribution in [2.45, 2.75) is 19.8 Å². The highest BCUT2D eigenvalue weighted by Gasteiger charge is 2.08. The first-order valence-electron chi connectivity index (χ1n) is 7.98. The molecule has 2 N–H and O–H groups in total. The summed E-state index contributed by atoms with van der Waals surface area (Å²) in [5.74, 6) is 1.39. The highest BCUT2D eigenvalue weighted by atomic mass is 15.3. The molecule has 0 bridgehead atoms. The molecule has 6 heteroatoms. The highest BCUT2D eigenvalue weighted by Crippen LogP contribution is 2.26. The first-order valence-corrected chi connectivity index (χ1v) is 7.98. The van der Waals surface area contributed by atoms with Gasteiger partial charge in [0.2, 0.25) is 5.95 Å². The third-order valence-electron chi connectivity index (χ3n) is 3.67. The van der Waals surface area contributed by atoms with E-state index in [1.165, 1.54) is 5.56 Å². The van der Waals surface area contributed by atoms with E-state index in [9.17, 15) is 0 Å². The summed E-state index contributed by atoms with van der Waals surface area (Å²) in [6.45, 7) is 4.30. The van der Waals surface area contributed by atoms with Gasteiger partial charge in [-0.05, 0) is 41.8 Å². The summed E-state index contributed by atoms with van der Waals surface area (Å²) < 4.78 is 0. The zero-order chi connectivity index (χ0) is 17.6. The summed E-state index contributed by atoms with van der Waals surface area (Å²) in [7, 11) is 0. The van der Waals surface area contributed by atoms with Crippen molar-refractivity contribution < 1.29 is 0 Å². The van der Waals surface area contributed by atoms with Gasteiger partial charge in [0.15, 0.2) is 5.82 Å². The Kier molecular flexibility index (Phi) is 4.86. The van der Waals surface area contributed by atoms with Crippen LogP contribution in [-0.4, -0.2) is 15.2 Å². The maximum Gasteiger partial charge on any atom is 0.249 e. The summed E-state index contributed by atoms with van der Waals surface area (Å²) in [5, 5.41) is 23.2. The topological polar surface area (TPSA) is 86.5 Å². The van der Waals surface area contributed by atoms with Crippen LogP contribution in [0.1, 0.15) is 30.9 Å². The van der Waals surface area contributed by atoms with Gasteiger partial charge in [-0.2, -0.15) is 15.3 Å². The van der Waals surface area contributed by atoms with Crippen LogP contribution < -0.4 is 10.6 Å². The Labute approximate surface area is 146 Å². The molecule has 25 heavy (non-hydrogen) atoms. The van der Waals surface area contributed by atoms with E-state index in [-0.39, 0.29) is 0 Å². The average Bonchev–Trinajstić information content (AvgIpc) is 2.63. The maximum atomic E-state index is 8.84. The molecule has 3 aromatic rings. The lowest BCUT2D eigenvalue weighted by Gasteiger charge is -2.14. The van der Waals surface area contributed by atoms with Crippen molar-refractivity contribution in [1.29, 1.82) is 5.26 Å². The van der Waals surface area contributed by atoms with Gasteiger partial charge in [0.1, 0.15) is 0 Å².